The van der Waals surface area contributed by atoms with Gasteiger partial charge in [-0.1, -0.05) is 143 Å². The molecule has 2 nitrogen and oxygen atoms in total. The van der Waals surface area contributed by atoms with Gasteiger partial charge in [0.1, 0.15) is 0 Å². The molecule has 0 saturated carbocycles. The normalized spacial score (nSPS) is 11.1. The summed E-state index contributed by atoms with van der Waals surface area (Å²) < 4.78 is 11.9. The quantitative estimate of drug-likeness (QED) is 0.130. The van der Waals surface area contributed by atoms with Gasteiger partial charge < -0.3 is 8.83 Å². The van der Waals surface area contributed by atoms with Gasteiger partial charge in [-0.15, -0.1) is 57.9 Å². The maximum absolute atomic E-state index is 5.93. The molecule has 10 aromatic rings. The smallest absolute Gasteiger partial charge is 0.0875 e. The Morgan fingerprint density at radius 1 is 0.483 bits per heavy atom. The van der Waals surface area contributed by atoms with Gasteiger partial charge in [0.25, 0.3) is 0 Å². The summed E-state index contributed by atoms with van der Waals surface area (Å²) in [5, 5.41) is 9.68. The summed E-state index contributed by atoms with van der Waals surface area (Å²) >= 11 is -1.65. The molecule has 0 aliphatic rings. The van der Waals surface area contributed by atoms with Crippen LogP contribution >= 0.6 is 17.0 Å². The number of aryl methyl sites for hydroxylation is 4. The van der Waals surface area contributed by atoms with Gasteiger partial charge in [-0.3, -0.25) is 0 Å². The molecule has 0 saturated heterocycles. The Kier molecular flexibility index (Phi) is 11.9. The fraction of sp³-hybridized carbons (Fsp3) is 0.115. The van der Waals surface area contributed by atoms with Crippen LogP contribution in [0.25, 0.3) is 88.0 Å². The molecular formula is C52H44Cl2O2SiZr-2. The van der Waals surface area contributed by atoms with E-state index in [0.717, 1.165) is 44.2 Å². The van der Waals surface area contributed by atoms with Gasteiger partial charge in [-0.05, 0) is 60.7 Å². The van der Waals surface area contributed by atoms with Crippen molar-refractivity contribution in [3.8, 4) is 44.9 Å². The minimum atomic E-state index is -1.65. The van der Waals surface area contributed by atoms with Crippen LogP contribution in [-0.2, 0) is 18.0 Å². The molecule has 0 unspecified atom stereocenters. The Morgan fingerprint density at radius 2 is 0.897 bits per heavy atom. The number of benzene rings is 6. The molecule has 0 fully saturated rings. The van der Waals surface area contributed by atoms with Crippen LogP contribution in [0.3, 0.4) is 0 Å². The van der Waals surface area contributed by atoms with Crippen molar-refractivity contribution in [3.05, 3.63) is 180 Å². The van der Waals surface area contributed by atoms with Gasteiger partial charge >= 0.3 is 53.5 Å². The summed E-state index contributed by atoms with van der Waals surface area (Å²) in [5.41, 5.74) is 12.4. The van der Waals surface area contributed by atoms with E-state index >= 15 is 0 Å². The SMILES string of the molecule is C[Si](C)=[Zr]([Cl])[Cl].Cc1cccc(-c2c(C)ccc3[cH-]c(-c4occ5ccccc45)cc23)c1.Cc1cccc(-c2c(C)ccc3[cH-]c(-c4occ5ccccc45)cc23)c1. The van der Waals surface area contributed by atoms with E-state index in [0.29, 0.717) is 0 Å². The summed E-state index contributed by atoms with van der Waals surface area (Å²) in [6.45, 7) is 13.0. The first-order valence-electron chi connectivity index (χ1n) is 19.5. The van der Waals surface area contributed by atoms with Crippen LogP contribution in [0.1, 0.15) is 22.3 Å². The first-order chi connectivity index (χ1) is 28.0. The van der Waals surface area contributed by atoms with E-state index in [9.17, 15) is 0 Å². The van der Waals surface area contributed by atoms with Crippen LogP contribution < -0.4 is 0 Å². The average Bonchev–Trinajstić information content (AvgIpc) is 4.02. The summed E-state index contributed by atoms with van der Waals surface area (Å²) in [6.07, 6.45) is 3.68. The molecular weight excluding hydrogens is 847 g/mol. The van der Waals surface area contributed by atoms with Crippen molar-refractivity contribution < 1.29 is 26.8 Å². The van der Waals surface area contributed by atoms with E-state index in [4.69, 9.17) is 25.9 Å². The summed E-state index contributed by atoms with van der Waals surface area (Å²) in [5.74, 6) is 1.90. The fourth-order valence-corrected chi connectivity index (χ4v) is 7.84. The Balaban J connectivity index is 0.000000142. The van der Waals surface area contributed by atoms with Crippen molar-refractivity contribution >= 4 is 65.5 Å². The maximum Gasteiger partial charge on any atom is 0.0875 e. The molecule has 0 aliphatic carbocycles. The van der Waals surface area contributed by atoms with E-state index in [1.54, 1.807) is 0 Å². The van der Waals surface area contributed by atoms with Gasteiger partial charge in [0.2, 0.25) is 0 Å². The molecule has 2 aromatic heterocycles. The second-order valence-electron chi connectivity index (χ2n) is 15.3. The van der Waals surface area contributed by atoms with E-state index in [2.05, 4.69) is 174 Å². The zero-order valence-corrected chi connectivity index (χ0v) is 38.6. The largest absolute Gasteiger partial charge is 0.498 e. The minimum Gasteiger partial charge on any atom is -0.498 e. The average molecular weight is 891 g/mol. The van der Waals surface area contributed by atoms with Gasteiger partial charge in [0.05, 0.1) is 24.0 Å². The molecule has 0 amide bonds. The van der Waals surface area contributed by atoms with Crippen LogP contribution in [-0.4, -0.2) is 5.43 Å². The second-order valence-corrected chi connectivity index (χ2v) is 38.3. The molecule has 0 spiro atoms. The van der Waals surface area contributed by atoms with Crippen LogP contribution in [0.5, 0.6) is 0 Å². The molecule has 10 rings (SSSR count). The number of rotatable bonds is 4. The Labute approximate surface area is 355 Å². The summed E-state index contributed by atoms with van der Waals surface area (Å²) in [7, 11) is 11.2. The van der Waals surface area contributed by atoms with E-state index in [-0.39, 0.29) is 5.43 Å². The summed E-state index contributed by atoms with van der Waals surface area (Å²) in [6, 6.07) is 52.0. The zero-order valence-electron chi connectivity index (χ0n) is 33.6. The molecule has 0 radical (unpaired) electrons. The topological polar surface area (TPSA) is 26.3 Å². The van der Waals surface area contributed by atoms with Crippen LogP contribution in [0, 0.1) is 27.7 Å². The van der Waals surface area contributed by atoms with Crippen molar-refractivity contribution in [1.29, 1.82) is 0 Å². The van der Waals surface area contributed by atoms with Crippen molar-refractivity contribution in [2.75, 3.05) is 0 Å². The van der Waals surface area contributed by atoms with E-state index < -0.39 is 18.0 Å². The van der Waals surface area contributed by atoms with E-state index in [1.165, 1.54) is 66.1 Å². The van der Waals surface area contributed by atoms with Crippen LogP contribution in [0.15, 0.2) is 167 Å². The Bertz CT molecular complexity index is 2900. The maximum atomic E-state index is 5.93. The number of halogens is 2. The molecule has 0 aliphatic heterocycles. The third-order valence-corrected chi connectivity index (χ3v) is 30.5. The first-order valence-corrected chi connectivity index (χ1v) is 32.0. The van der Waals surface area contributed by atoms with Crippen LogP contribution in [0.4, 0.5) is 0 Å². The fourth-order valence-electron chi connectivity index (χ4n) is 7.84. The third-order valence-electron chi connectivity index (χ3n) is 10.7. The number of furan rings is 2. The molecule has 6 heteroatoms. The van der Waals surface area contributed by atoms with Gasteiger partial charge in [-0.25, -0.2) is 0 Å². The molecule has 288 valence electrons. The molecule has 58 heavy (non-hydrogen) atoms. The third kappa shape index (κ3) is 8.27. The molecule has 0 bridgehead atoms. The predicted octanol–water partition coefficient (Wildman–Crippen LogP) is 16.7. The van der Waals surface area contributed by atoms with Gasteiger partial charge in [0, 0.05) is 10.8 Å². The Morgan fingerprint density at radius 3 is 1.29 bits per heavy atom. The molecule has 8 aromatic carbocycles. The second kappa shape index (κ2) is 17.3. The monoisotopic (exact) mass is 888 g/mol. The Hall–Kier alpha value is -4.70. The van der Waals surface area contributed by atoms with Crippen molar-refractivity contribution in [1.82, 2.24) is 0 Å². The van der Waals surface area contributed by atoms with Crippen molar-refractivity contribution in [3.63, 3.8) is 0 Å². The first kappa shape index (κ1) is 40.1. The van der Waals surface area contributed by atoms with Crippen molar-refractivity contribution in [2.24, 2.45) is 0 Å². The number of hydrogen-bond acceptors (Lipinski definition) is 2. The minimum absolute atomic E-state index is 0.224. The summed E-state index contributed by atoms with van der Waals surface area (Å²) in [4.78, 5) is 0. The van der Waals surface area contributed by atoms with Gasteiger partial charge in [0.15, 0.2) is 0 Å². The predicted molar refractivity (Wildman–Crippen MR) is 249 cm³/mol. The molecule has 2 heterocycles. The van der Waals surface area contributed by atoms with Crippen molar-refractivity contribution in [2.45, 2.75) is 40.8 Å². The van der Waals surface area contributed by atoms with Crippen LogP contribution in [0.2, 0.25) is 13.1 Å². The molecule has 0 atom stereocenters. The zero-order chi connectivity index (χ0) is 40.5. The van der Waals surface area contributed by atoms with E-state index in [1.807, 2.05) is 24.7 Å². The van der Waals surface area contributed by atoms with Gasteiger partial charge in [-0.2, -0.15) is 0 Å². The number of fused-ring (bicyclic) bond motifs is 4. The number of hydrogen-bond donors (Lipinski definition) is 0. The standard InChI is InChI=1S/2C25H19O.C2H6Si.2ClH.Zr/c2*1-16-6-5-8-19(12-16)24-17(2)10-11-18-13-21(14-23(18)24)25-22-9-4-3-7-20(22)15-26-25;1-3-2;;;/h2*3-15H,1-2H3;1-2H3;2*1H;/q2*-1;;;;+2/p-2. The molecule has 0 N–H and O–H groups in total.